The number of benzene rings is 1. The van der Waals surface area contributed by atoms with Gasteiger partial charge >= 0.3 is 0 Å². The predicted octanol–water partition coefficient (Wildman–Crippen LogP) is 4.10. The van der Waals surface area contributed by atoms with Gasteiger partial charge in [0.15, 0.2) is 5.78 Å². The lowest BCUT2D eigenvalue weighted by Gasteiger charge is -2.32. The number of anilines is 1. The maximum Gasteiger partial charge on any atom is 0.269 e. The Kier molecular flexibility index (Phi) is 5.17. The molecule has 0 fully saturated rings. The molecule has 1 aliphatic carbocycles. The van der Waals surface area contributed by atoms with Crippen molar-refractivity contribution in [3.63, 3.8) is 0 Å². The van der Waals surface area contributed by atoms with Gasteiger partial charge < -0.3 is 5.32 Å². The number of ketones is 1. The Hall–Kier alpha value is -2.68. The summed E-state index contributed by atoms with van der Waals surface area (Å²) in [6.45, 7) is 2.13. The third-order valence-electron chi connectivity index (χ3n) is 4.97. The van der Waals surface area contributed by atoms with Gasteiger partial charge in [-0.2, -0.15) is 4.98 Å². The fourth-order valence-corrected chi connectivity index (χ4v) is 4.53. The molecule has 0 spiro atoms. The first-order valence-electron chi connectivity index (χ1n) is 9.45. The smallest absolute Gasteiger partial charge is 0.269 e. The number of unbranched alkanes of at least 4 members (excludes halogenated alkanes) is 1. The van der Waals surface area contributed by atoms with Crippen LogP contribution in [0.2, 0.25) is 0 Å². The molecule has 1 aromatic heterocycles. The van der Waals surface area contributed by atoms with Crippen molar-refractivity contribution in [2.75, 3.05) is 11.1 Å². The molecule has 8 nitrogen and oxygen atoms in total. The van der Waals surface area contributed by atoms with Crippen LogP contribution in [0.15, 0.2) is 40.7 Å². The van der Waals surface area contributed by atoms with E-state index in [0.29, 0.717) is 28.7 Å². The summed E-state index contributed by atoms with van der Waals surface area (Å²) in [5.74, 6) is 1.57. The summed E-state index contributed by atoms with van der Waals surface area (Å²) in [5.41, 5.74) is 2.18. The Bertz CT molecular complexity index is 968. The van der Waals surface area contributed by atoms with Crippen molar-refractivity contribution in [2.24, 2.45) is 0 Å². The number of Topliss-reactive ketones (excluding diaryl/α,β-unsaturated/α-hetero) is 1. The van der Waals surface area contributed by atoms with Gasteiger partial charge in [0.1, 0.15) is 6.04 Å². The van der Waals surface area contributed by atoms with E-state index >= 15 is 0 Å². The molecule has 9 heteroatoms. The van der Waals surface area contributed by atoms with E-state index in [0.717, 1.165) is 37.1 Å². The van der Waals surface area contributed by atoms with Crippen molar-refractivity contribution in [3.05, 3.63) is 51.2 Å². The molecule has 0 bridgehead atoms. The van der Waals surface area contributed by atoms with Crippen LogP contribution in [0, 0.1) is 10.1 Å². The SMILES string of the molecule is CCCCSc1nc2n(n1)C(c1cccc([N+](=O)[O-])c1)C1=C(CCCC1=O)N2. The number of rotatable bonds is 6. The lowest BCUT2D eigenvalue weighted by atomic mass is 9.85. The first-order chi connectivity index (χ1) is 13.6. The van der Waals surface area contributed by atoms with Gasteiger partial charge in [-0.25, -0.2) is 4.68 Å². The molecule has 0 amide bonds. The third-order valence-corrected chi connectivity index (χ3v) is 5.90. The van der Waals surface area contributed by atoms with E-state index in [1.165, 1.54) is 12.1 Å². The monoisotopic (exact) mass is 399 g/mol. The second-order valence-electron chi connectivity index (χ2n) is 6.91. The average molecular weight is 399 g/mol. The summed E-state index contributed by atoms with van der Waals surface area (Å²) in [6.07, 6.45) is 4.20. The van der Waals surface area contributed by atoms with E-state index in [-0.39, 0.29) is 11.5 Å². The van der Waals surface area contributed by atoms with Crippen molar-refractivity contribution in [1.82, 2.24) is 14.8 Å². The maximum absolute atomic E-state index is 12.8. The fourth-order valence-electron chi connectivity index (χ4n) is 3.62. The molecule has 1 N–H and O–H groups in total. The molecule has 2 aliphatic rings. The standard InChI is InChI=1S/C19H21N5O3S/c1-2-3-10-28-19-21-18-20-14-8-5-9-15(25)16(14)17(23(18)22-19)12-6-4-7-13(11-12)24(26)27/h4,6-7,11,17H,2-3,5,8-10H2,1H3,(H,20,21,22). The van der Waals surface area contributed by atoms with Gasteiger partial charge in [0.25, 0.3) is 5.69 Å². The van der Waals surface area contributed by atoms with Crippen LogP contribution in [-0.2, 0) is 4.79 Å². The van der Waals surface area contributed by atoms with Crippen molar-refractivity contribution < 1.29 is 9.72 Å². The summed E-state index contributed by atoms with van der Waals surface area (Å²) in [7, 11) is 0. The Labute approximate surface area is 166 Å². The number of carbonyl (C=O) groups is 1. The molecule has 0 saturated heterocycles. The fraction of sp³-hybridized carbons (Fsp3) is 0.421. The third kappa shape index (κ3) is 3.42. The zero-order valence-corrected chi connectivity index (χ0v) is 16.4. The first kappa shape index (κ1) is 18.7. The highest BCUT2D eigenvalue weighted by Crippen LogP contribution is 2.41. The number of carbonyl (C=O) groups excluding carboxylic acids is 1. The van der Waals surface area contributed by atoms with Crippen LogP contribution in [0.5, 0.6) is 0 Å². The van der Waals surface area contributed by atoms with E-state index in [2.05, 4.69) is 22.3 Å². The molecule has 1 aliphatic heterocycles. The highest BCUT2D eigenvalue weighted by atomic mass is 32.2. The Balaban J connectivity index is 1.79. The number of nitro groups is 1. The van der Waals surface area contributed by atoms with Crippen LogP contribution in [0.3, 0.4) is 0 Å². The molecule has 0 radical (unpaired) electrons. The van der Waals surface area contributed by atoms with Gasteiger partial charge in [-0.05, 0) is 24.8 Å². The second-order valence-corrected chi connectivity index (χ2v) is 7.98. The first-order valence-corrected chi connectivity index (χ1v) is 10.4. The quantitative estimate of drug-likeness (QED) is 0.337. The maximum atomic E-state index is 12.8. The number of nitrogens with one attached hydrogen (secondary N) is 1. The van der Waals surface area contributed by atoms with Crippen molar-refractivity contribution in [2.45, 2.75) is 50.2 Å². The van der Waals surface area contributed by atoms with Gasteiger partial charge in [-0.15, -0.1) is 5.10 Å². The molecule has 0 saturated carbocycles. The van der Waals surface area contributed by atoms with Crippen LogP contribution >= 0.6 is 11.8 Å². The largest absolute Gasteiger partial charge is 0.328 e. The molecule has 28 heavy (non-hydrogen) atoms. The summed E-state index contributed by atoms with van der Waals surface area (Å²) in [6, 6.07) is 5.95. The highest BCUT2D eigenvalue weighted by Gasteiger charge is 2.37. The zero-order valence-electron chi connectivity index (χ0n) is 15.6. The van der Waals surface area contributed by atoms with E-state index in [1.54, 1.807) is 22.5 Å². The van der Waals surface area contributed by atoms with E-state index in [1.807, 2.05) is 6.07 Å². The predicted molar refractivity (Wildman–Crippen MR) is 106 cm³/mol. The van der Waals surface area contributed by atoms with Crippen molar-refractivity contribution in [3.8, 4) is 0 Å². The molecule has 4 rings (SSSR count). The van der Waals surface area contributed by atoms with Gasteiger partial charge in [0.05, 0.1) is 4.92 Å². The number of non-ortho nitro benzene ring substituents is 1. The minimum atomic E-state index is -0.494. The number of allylic oxidation sites excluding steroid dienone is 2. The molecule has 1 atom stereocenters. The van der Waals surface area contributed by atoms with Gasteiger partial charge in [-0.3, -0.25) is 14.9 Å². The van der Waals surface area contributed by atoms with E-state index in [9.17, 15) is 14.9 Å². The van der Waals surface area contributed by atoms with Gasteiger partial charge in [0.2, 0.25) is 11.1 Å². The molecule has 146 valence electrons. The van der Waals surface area contributed by atoms with E-state index in [4.69, 9.17) is 0 Å². The number of fused-ring (bicyclic) bond motifs is 1. The van der Waals surface area contributed by atoms with Gasteiger partial charge in [-0.1, -0.05) is 37.2 Å². The molecule has 1 aromatic carbocycles. The minimum Gasteiger partial charge on any atom is -0.328 e. The van der Waals surface area contributed by atoms with Crippen molar-refractivity contribution >= 4 is 29.2 Å². The van der Waals surface area contributed by atoms with Crippen molar-refractivity contribution in [1.29, 1.82) is 0 Å². The Morgan fingerprint density at radius 2 is 2.25 bits per heavy atom. The van der Waals surface area contributed by atoms with Crippen LogP contribution in [0.4, 0.5) is 11.6 Å². The average Bonchev–Trinajstić information content (AvgIpc) is 3.09. The topological polar surface area (TPSA) is 103 Å². The van der Waals surface area contributed by atoms with Crippen LogP contribution in [-0.4, -0.2) is 31.2 Å². The Morgan fingerprint density at radius 3 is 3.04 bits per heavy atom. The second kappa shape index (κ2) is 7.75. The summed E-state index contributed by atoms with van der Waals surface area (Å²) >= 11 is 1.58. The lowest BCUT2D eigenvalue weighted by molar-refractivity contribution is -0.384. The molecular weight excluding hydrogens is 378 g/mol. The number of thioether (sulfide) groups is 1. The normalized spacial score (nSPS) is 18.5. The van der Waals surface area contributed by atoms with Gasteiger partial charge in [0, 0.05) is 35.6 Å². The number of hydrogen-bond donors (Lipinski definition) is 1. The highest BCUT2D eigenvalue weighted by molar-refractivity contribution is 7.99. The molecule has 2 aromatic rings. The van der Waals surface area contributed by atoms with Crippen LogP contribution in [0.1, 0.15) is 50.6 Å². The lowest BCUT2D eigenvalue weighted by Crippen LogP contribution is -2.31. The minimum absolute atomic E-state index is 0.000602. The Morgan fingerprint density at radius 1 is 1.39 bits per heavy atom. The molecule has 2 heterocycles. The molecule has 1 unspecified atom stereocenters. The number of aromatic nitrogens is 3. The number of nitrogens with zero attached hydrogens (tertiary/aromatic N) is 4. The molecular formula is C19H21N5O3S. The van der Waals surface area contributed by atoms with Crippen LogP contribution < -0.4 is 5.32 Å². The summed E-state index contributed by atoms with van der Waals surface area (Å²) in [5, 5.41) is 19.8. The summed E-state index contributed by atoms with van der Waals surface area (Å²) in [4.78, 5) is 28.2. The number of hydrogen-bond acceptors (Lipinski definition) is 7. The van der Waals surface area contributed by atoms with E-state index < -0.39 is 11.0 Å². The zero-order chi connectivity index (χ0) is 19.7. The summed E-state index contributed by atoms with van der Waals surface area (Å²) < 4.78 is 1.70. The number of nitro benzene ring substituents is 1. The van der Waals surface area contributed by atoms with Crippen LogP contribution in [0.25, 0.3) is 0 Å².